The monoisotopic (exact) mass is 340 g/mol. The van der Waals surface area contributed by atoms with E-state index in [0.29, 0.717) is 0 Å². The fourth-order valence-electron chi connectivity index (χ4n) is 3.90. The van der Waals surface area contributed by atoms with E-state index in [-0.39, 0.29) is 28.9 Å². The molecule has 2 fully saturated rings. The molecular formula is C18H32O4Si. The van der Waals surface area contributed by atoms with Crippen LogP contribution in [0.25, 0.3) is 0 Å². The van der Waals surface area contributed by atoms with Crippen molar-refractivity contribution in [3.63, 3.8) is 0 Å². The summed E-state index contributed by atoms with van der Waals surface area (Å²) < 4.78 is 12.1. The van der Waals surface area contributed by atoms with Crippen LogP contribution in [0.5, 0.6) is 0 Å². The quantitative estimate of drug-likeness (QED) is 0.473. The summed E-state index contributed by atoms with van der Waals surface area (Å²) in [5.74, 6) is -0.609. The molecule has 1 N–H and O–H groups in total. The number of fused-ring (bicyclic) bond motifs is 1. The maximum Gasteiger partial charge on any atom is 0.312 e. The summed E-state index contributed by atoms with van der Waals surface area (Å²) in [5, 5.41) is 9.94. The Kier molecular flexibility index (Phi) is 4.41. The number of aliphatic hydroxyl groups excluding tert-OH is 1. The van der Waals surface area contributed by atoms with Gasteiger partial charge in [-0.1, -0.05) is 41.2 Å². The standard InChI is InChI=1S/C18H32O4Si/c1-9-18-12(10-17(18,5)6)14(15(20)21-18)13(11-19)22-23(7,8)16(2,3)4/h9,12-14,19H,1,10-11H2,2-8H3/t12-,13+,14+,18+/m1/s1. The maximum atomic E-state index is 12.6. The lowest BCUT2D eigenvalue weighted by Gasteiger charge is -2.56. The molecule has 1 heterocycles. The molecule has 132 valence electrons. The van der Waals surface area contributed by atoms with Crippen molar-refractivity contribution in [1.29, 1.82) is 0 Å². The number of rotatable bonds is 5. The van der Waals surface area contributed by atoms with Crippen molar-refractivity contribution in [2.75, 3.05) is 6.61 Å². The Hall–Kier alpha value is -0.653. The fraction of sp³-hybridized carbons (Fsp3) is 0.833. The van der Waals surface area contributed by atoms with Crippen LogP contribution in [0, 0.1) is 17.3 Å². The second-order valence-electron chi connectivity index (χ2n) is 9.24. The molecule has 23 heavy (non-hydrogen) atoms. The van der Waals surface area contributed by atoms with Crippen molar-refractivity contribution in [2.45, 2.75) is 70.9 Å². The Balaban J connectivity index is 2.27. The molecule has 5 heteroatoms. The highest BCUT2D eigenvalue weighted by Crippen LogP contribution is 2.64. The van der Waals surface area contributed by atoms with Gasteiger partial charge in [0.1, 0.15) is 5.60 Å². The molecule has 1 saturated heterocycles. The summed E-state index contributed by atoms with van der Waals surface area (Å²) in [6.07, 6.45) is 2.17. The number of carbonyl (C=O) groups excluding carboxylic acids is 1. The van der Waals surface area contributed by atoms with Crippen molar-refractivity contribution >= 4 is 14.3 Å². The lowest BCUT2D eigenvalue weighted by molar-refractivity contribution is -0.173. The van der Waals surface area contributed by atoms with E-state index in [1.165, 1.54) is 0 Å². The van der Waals surface area contributed by atoms with Gasteiger partial charge in [0.2, 0.25) is 0 Å². The summed E-state index contributed by atoms with van der Waals surface area (Å²) in [6.45, 7) is 18.7. The third-order valence-corrected chi connectivity index (χ3v) is 11.0. The molecule has 0 amide bonds. The minimum Gasteiger partial charge on any atom is -0.454 e. The topological polar surface area (TPSA) is 55.8 Å². The fourth-order valence-corrected chi connectivity index (χ4v) is 5.23. The molecule has 0 spiro atoms. The minimum atomic E-state index is -2.08. The summed E-state index contributed by atoms with van der Waals surface area (Å²) in [5.41, 5.74) is -0.722. The molecule has 1 aliphatic carbocycles. The lowest BCUT2D eigenvalue weighted by atomic mass is 9.50. The van der Waals surface area contributed by atoms with E-state index in [4.69, 9.17) is 9.16 Å². The van der Waals surface area contributed by atoms with E-state index in [2.05, 4.69) is 54.3 Å². The molecule has 0 aromatic carbocycles. The average Bonchev–Trinajstić information content (AvgIpc) is 2.64. The van der Waals surface area contributed by atoms with Crippen LogP contribution >= 0.6 is 0 Å². The summed E-state index contributed by atoms with van der Waals surface area (Å²) >= 11 is 0. The lowest BCUT2D eigenvalue weighted by Crippen LogP contribution is -2.61. The van der Waals surface area contributed by atoms with Gasteiger partial charge in [-0.05, 0) is 30.6 Å². The van der Waals surface area contributed by atoms with Crippen LogP contribution in [0.2, 0.25) is 18.1 Å². The third-order valence-electron chi connectivity index (χ3n) is 6.45. The first-order valence-electron chi connectivity index (χ1n) is 8.48. The minimum absolute atomic E-state index is 0.0251. The van der Waals surface area contributed by atoms with Crippen molar-refractivity contribution in [2.24, 2.45) is 17.3 Å². The van der Waals surface area contributed by atoms with Crippen LogP contribution < -0.4 is 0 Å². The van der Waals surface area contributed by atoms with Crippen molar-refractivity contribution in [3.05, 3.63) is 12.7 Å². The molecule has 0 aromatic heterocycles. The van der Waals surface area contributed by atoms with Gasteiger partial charge in [0.05, 0.1) is 18.6 Å². The first kappa shape index (κ1) is 18.7. The molecule has 2 aliphatic rings. The zero-order chi connectivity index (χ0) is 17.8. The van der Waals surface area contributed by atoms with Gasteiger partial charge in [-0.3, -0.25) is 4.79 Å². The van der Waals surface area contributed by atoms with Crippen molar-refractivity contribution in [3.8, 4) is 0 Å². The van der Waals surface area contributed by atoms with Gasteiger partial charge in [-0.25, -0.2) is 0 Å². The second-order valence-corrected chi connectivity index (χ2v) is 14.0. The third kappa shape index (κ3) is 2.61. The van der Waals surface area contributed by atoms with Gasteiger partial charge in [0.15, 0.2) is 8.32 Å². The van der Waals surface area contributed by atoms with Crippen molar-refractivity contribution < 1.29 is 19.1 Å². The molecule has 0 aromatic rings. The normalized spacial score (nSPS) is 34.3. The molecule has 0 unspecified atom stereocenters. The van der Waals surface area contributed by atoms with E-state index in [1.54, 1.807) is 6.08 Å². The Bertz CT molecular complexity index is 506. The highest BCUT2D eigenvalue weighted by Gasteiger charge is 2.71. The molecule has 0 bridgehead atoms. The van der Waals surface area contributed by atoms with Gasteiger partial charge in [0, 0.05) is 11.3 Å². The van der Waals surface area contributed by atoms with Gasteiger partial charge >= 0.3 is 5.97 Å². The smallest absolute Gasteiger partial charge is 0.312 e. The molecule has 1 aliphatic heterocycles. The number of carbonyl (C=O) groups is 1. The van der Waals surface area contributed by atoms with Gasteiger partial charge in [0.25, 0.3) is 0 Å². The maximum absolute atomic E-state index is 12.6. The molecule has 4 nitrogen and oxygen atoms in total. The van der Waals surface area contributed by atoms with Gasteiger partial charge in [-0.15, -0.1) is 0 Å². The van der Waals surface area contributed by atoms with Crippen LogP contribution in [0.15, 0.2) is 12.7 Å². The van der Waals surface area contributed by atoms with E-state index in [1.807, 2.05) is 0 Å². The predicted octanol–water partition coefficient (Wildman–Crippen LogP) is 3.51. The van der Waals surface area contributed by atoms with Crippen LogP contribution in [-0.2, 0) is 14.0 Å². The summed E-state index contributed by atoms with van der Waals surface area (Å²) in [6, 6.07) is 0. The summed E-state index contributed by atoms with van der Waals surface area (Å²) in [7, 11) is -2.08. The number of hydrogen-bond donors (Lipinski definition) is 1. The Morgan fingerprint density at radius 2 is 2.04 bits per heavy atom. The van der Waals surface area contributed by atoms with Gasteiger partial charge < -0.3 is 14.3 Å². The number of ether oxygens (including phenoxy) is 1. The molecule has 2 rings (SSSR count). The van der Waals surface area contributed by atoms with E-state index in [0.717, 1.165) is 6.42 Å². The zero-order valence-corrected chi connectivity index (χ0v) is 16.6. The average molecular weight is 341 g/mol. The first-order valence-corrected chi connectivity index (χ1v) is 11.4. The highest BCUT2D eigenvalue weighted by molar-refractivity contribution is 6.74. The molecule has 0 radical (unpaired) electrons. The largest absolute Gasteiger partial charge is 0.454 e. The summed E-state index contributed by atoms with van der Waals surface area (Å²) in [4.78, 5) is 12.6. The zero-order valence-electron chi connectivity index (χ0n) is 15.6. The molecule has 1 saturated carbocycles. The van der Waals surface area contributed by atoms with Crippen LogP contribution in [0.3, 0.4) is 0 Å². The van der Waals surface area contributed by atoms with Crippen molar-refractivity contribution in [1.82, 2.24) is 0 Å². The predicted molar refractivity (Wildman–Crippen MR) is 93.6 cm³/mol. The van der Waals surface area contributed by atoms with E-state index < -0.39 is 25.9 Å². The number of hydrogen-bond acceptors (Lipinski definition) is 4. The van der Waals surface area contributed by atoms with Gasteiger partial charge in [-0.2, -0.15) is 0 Å². The van der Waals surface area contributed by atoms with Crippen LogP contribution in [-0.4, -0.2) is 37.7 Å². The number of esters is 1. The highest BCUT2D eigenvalue weighted by atomic mass is 28.4. The Labute approximate surface area is 141 Å². The second kappa shape index (κ2) is 5.43. The van der Waals surface area contributed by atoms with Crippen LogP contribution in [0.4, 0.5) is 0 Å². The molecule has 4 atom stereocenters. The first-order chi connectivity index (χ1) is 10.3. The van der Waals surface area contributed by atoms with Crippen LogP contribution in [0.1, 0.15) is 41.0 Å². The SMILES string of the molecule is C=C[C@]12OC(=O)[C@H]([C@H](CO)O[Si](C)(C)C(C)(C)C)[C@H]1CC2(C)C. The van der Waals surface area contributed by atoms with E-state index >= 15 is 0 Å². The Morgan fingerprint density at radius 3 is 2.39 bits per heavy atom. The Morgan fingerprint density at radius 1 is 1.48 bits per heavy atom. The van der Waals surface area contributed by atoms with E-state index in [9.17, 15) is 9.90 Å². The molecular weight excluding hydrogens is 308 g/mol. The number of aliphatic hydroxyl groups is 1.